The maximum atomic E-state index is 13.7. The monoisotopic (exact) mass is 301 g/mol. The van der Waals surface area contributed by atoms with Gasteiger partial charge in [0.25, 0.3) is 0 Å². The van der Waals surface area contributed by atoms with E-state index in [-0.39, 0.29) is 18.3 Å². The second kappa shape index (κ2) is 6.83. The number of carbonyl (C=O) groups is 1. The Morgan fingerprint density at radius 3 is 2.67 bits per heavy atom. The van der Waals surface area contributed by atoms with Crippen LogP contribution in [0.1, 0.15) is 39.0 Å². The maximum absolute atomic E-state index is 13.7. The number of carbonyl (C=O) groups excluding carboxylic acids is 1. The SMILES string of the molecule is CCCCCCC1CN(c2ccc(F)c(F)c2F)C(=O)O1. The number of nitrogens with zero attached hydrogens (tertiary/aromatic N) is 1. The third kappa shape index (κ3) is 3.49. The van der Waals surface area contributed by atoms with Gasteiger partial charge in [0.05, 0.1) is 12.2 Å². The molecule has 0 saturated carbocycles. The van der Waals surface area contributed by atoms with Crippen molar-refractivity contribution in [1.29, 1.82) is 0 Å². The number of unbranched alkanes of at least 4 members (excludes halogenated alkanes) is 3. The summed E-state index contributed by atoms with van der Waals surface area (Å²) < 4.78 is 45.0. The Kier molecular flexibility index (Phi) is 5.09. The molecule has 0 aliphatic carbocycles. The third-order valence-electron chi connectivity index (χ3n) is 3.56. The Labute approximate surface area is 121 Å². The first-order valence-corrected chi connectivity index (χ1v) is 7.16. The fourth-order valence-corrected chi connectivity index (χ4v) is 2.39. The van der Waals surface area contributed by atoms with E-state index in [1.54, 1.807) is 0 Å². The lowest BCUT2D eigenvalue weighted by atomic mass is 10.1. The molecule has 0 aromatic heterocycles. The van der Waals surface area contributed by atoms with E-state index in [0.29, 0.717) is 6.42 Å². The van der Waals surface area contributed by atoms with Crippen molar-refractivity contribution in [3.63, 3.8) is 0 Å². The number of hydrogen-bond donors (Lipinski definition) is 0. The van der Waals surface area contributed by atoms with Gasteiger partial charge in [0, 0.05) is 0 Å². The minimum absolute atomic E-state index is 0.160. The molecule has 6 heteroatoms. The highest BCUT2D eigenvalue weighted by Gasteiger charge is 2.34. The molecule has 1 saturated heterocycles. The maximum Gasteiger partial charge on any atom is 0.414 e. The Hall–Kier alpha value is -1.72. The van der Waals surface area contributed by atoms with Crippen LogP contribution in [0.3, 0.4) is 0 Å². The highest BCUT2D eigenvalue weighted by Crippen LogP contribution is 2.28. The van der Waals surface area contributed by atoms with Crippen molar-refractivity contribution in [2.45, 2.75) is 45.1 Å². The molecule has 1 fully saturated rings. The zero-order valence-corrected chi connectivity index (χ0v) is 11.9. The van der Waals surface area contributed by atoms with Gasteiger partial charge in [0.2, 0.25) is 0 Å². The van der Waals surface area contributed by atoms with E-state index in [1.807, 2.05) is 0 Å². The van der Waals surface area contributed by atoms with Gasteiger partial charge in [-0.3, -0.25) is 4.90 Å². The van der Waals surface area contributed by atoms with E-state index in [0.717, 1.165) is 42.7 Å². The standard InChI is InChI=1S/C15H18F3NO2/c1-2-3-4-5-6-10-9-19(15(20)21-10)12-8-7-11(16)13(17)14(12)18/h7-8,10H,2-6,9H2,1H3. The molecule has 1 aromatic rings. The van der Waals surface area contributed by atoms with Crippen LogP contribution in [0.2, 0.25) is 0 Å². The minimum atomic E-state index is -1.58. The van der Waals surface area contributed by atoms with E-state index in [2.05, 4.69) is 6.92 Å². The number of hydrogen-bond acceptors (Lipinski definition) is 2. The third-order valence-corrected chi connectivity index (χ3v) is 3.56. The summed E-state index contributed by atoms with van der Waals surface area (Å²) in [6.07, 6.45) is 3.82. The lowest BCUT2D eigenvalue weighted by Gasteiger charge is -2.14. The Morgan fingerprint density at radius 1 is 1.19 bits per heavy atom. The van der Waals surface area contributed by atoms with E-state index < -0.39 is 23.5 Å². The predicted molar refractivity (Wildman–Crippen MR) is 72.7 cm³/mol. The van der Waals surface area contributed by atoms with Crippen molar-refractivity contribution in [2.75, 3.05) is 11.4 Å². The molecule has 0 radical (unpaired) electrons. The summed E-state index contributed by atoms with van der Waals surface area (Å²) in [5.41, 5.74) is -0.282. The van der Waals surface area contributed by atoms with Crippen molar-refractivity contribution in [1.82, 2.24) is 0 Å². The summed E-state index contributed by atoms with van der Waals surface area (Å²) in [4.78, 5) is 12.8. The molecule has 1 aliphatic heterocycles. The normalized spacial score (nSPS) is 18.2. The lowest BCUT2D eigenvalue weighted by Crippen LogP contribution is -2.26. The summed E-state index contributed by atoms with van der Waals surface area (Å²) >= 11 is 0. The van der Waals surface area contributed by atoms with Crippen molar-refractivity contribution in [3.8, 4) is 0 Å². The van der Waals surface area contributed by atoms with Crippen molar-refractivity contribution < 1.29 is 22.7 Å². The van der Waals surface area contributed by atoms with E-state index in [9.17, 15) is 18.0 Å². The molecule has 1 unspecified atom stereocenters. The topological polar surface area (TPSA) is 29.5 Å². The smallest absolute Gasteiger partial charge is 0.414 e. The first-order chi connectivity index (χ1) is 10.0. The molecule has 1 aliphatic rings. The first-order valence-electron chi connectivity index (χ1n) is 7.16. The van der Waals surface area contributed by atoms with Crippen molar-refractivity contribution in [3.05, 3.63) is 29.6 Å². The van der Waals surface area contributed by atoms with Gasteiger partial charge >= 0.3 is 6.09 Å². The molecule has 0 N–H and O–H groups in total. The van der Waals surface area contributed by atoms with Gasteiger partial charge in [0.1, 0.15) is 6.10 Å². The lowest BCUT2D eigenvalue weighted by molar-refractivity contribution is 0.135. The molecular weight excluding hydrogens is 283 g/mol. The number of benzene rings is 1. The van der Waals surface area contributed by atoms with Crippen LogP contribution in [-0.2, 0) is 4.74 Å². The predicted octanol–water partition coefficient (Wildman–Crippen LogP) is 4.40. The summed E-state index contributed by atoms with van der Waals surface area (Å²) in [5.74, 6) is -4.22. The molecule has 0 bridgehead atoms. The number of cyclic esters (lactones) is 1. The van der Waals surface area contributed by atoms with Gasteiger partial charge in [-0.1, -0.05) is 26.2 Å². The van der Waals surface area contributed by atoms with Gasteiger partial charge in [-0.15, -0.1) is 0 Å². The number of amides is 1. The first kappa shape index (κ1) is 15.7. The summed E-state index contributed by atoms with van der Waals surface area (Å²) in [5, 5.41) is 0. The van der Waals surface area contributed by atoms with Gasteiger partial charge < -0.3 is 4.74 Å². The second-order valence-corrected chi connectivity index (χ2v) is 5.16. The highest BCUT2D eigenvalue weighted by atomic mass is 19.2. The van der Waals surface area contributed by atoms with Gasteiger partial charge in [-0.05, 0) is 25.0 Å². The number of rotatable bonds is 6. The largest absolute Gasteiger partial charge is 0.444 e. The van der Waals surface area contributed by atoms with E-state index in [1.165, 1.54) is 0 Å². The summed E-state index contributed by atoms with van der Waals surface area (Å²) in [7, 11) is 0. The Morgan fingerprint density at radius 2 is 1.95 bits per heavy atom. The molecule has 1 heterocycles. The fraction of sp³-hybridized carbons (Fsp3) is 0.533. The van der Waals surface area contributed by atoms with Crippen LogP contribution in [0, 0.1) is 17.5 Å². The highest BCUT2D eigenvalue weighted by molar-refractivity contribution is 5.89. The van der Waals surface area contributed by atoms with Crippen LogP contribution in [0.4, 0.5) is 23.7 Å². The van der Waals surface area contributed by atoms with Crippen LogP contribution in [-0.4, -0.2) is 18.7 Å². The minimum Gasteiger partial charge on any atom is -0.444 e. The molecule has 2 rings (SSSR count). The van der Waals surface area contributed by atoms with Crippen LogP contribution in [0.5, 0.6) is 0 Å². The van der Waals surface area contributed by atoms with Crippen molar-refractivity contribution in [2.24, 2.45) is 0 Å². The van der Waals surface area contributed by atoms with Gasteiger partial charge in [-0.2, -0.15) is 0 Å². The molecule has 1 aromatic carbocycles. The average Bonchev–Trinajstić information content (AvgIpc) is 2.82. The Balaban J connectivity index is 2.02. The zero-order chi connectivity index (χ0) is 15.4. The molecule has 3 nitrogen and oxygen atoms in total. The molecular formula is C15H18F3NO2. The quantitative estimate of drug-likeness (QED) is 0.576. The van der Waals surface area contributed by atoms with Gasteiger partial charge in [-0.25, -0.2) is 18.0 Å². The Bertz CT molecular complexity index is 522. The summed E-state index contributed by atoms with van der Waals surface area (Å²) in [6.45, 7) is 2.26. The molecule has 1 atom stereocenters. The van der Waals surface area contributed by atoms with Crippen LogP contribution >= 0.6 is 0 Å². The van der Waals surface area contributed by atoms with Crippen LogP contribution < -0.4 is 4.90 Å². The average molecular weight is 301 g/mol. The molecule has 0 spiro atoms. The zero-order valence-electron chi connectivity index (χ0n) is 11.9. The van der Waals surface area contributed by atoms with Gasteiger partial charge in [0.15, 0.2) is 17.5 Å². The number of anilines is 1. The number of ether oxygens (including phenoxy) is 1. The van der Waals surface area contributed by atoms with Crippen LogP contribution in [0.25, 0.3) is 0 Å². The molecule has 1 amide bonds. The molecule has 21 heavy (non-hydrogen) atoms. The number of halogens is 3. The van der Waals surface area contributed by atoms with E-state index >= 15 is 0 Å². The molecule has 116 valence electrons. The van der Waals surface area contributed by atoms with Crippen LogP contribution in [0.15, 0.2) is 12.1 Å². The van der Waals surface area contributed by atoms with E-state index in [4.69, 9.17) is 4.74 Å². The fourth-order valence-electron chi connectivity index (χ4n) is 2.39. The second-order valence-electron chi connectivity index (χ2n) is 5.16. The summed E-state index contributed by atoms with van der Waals surface area (Å²) in [6, 6.07) is 1.85. The van der Waals surface area contributed by atoms with Crippen molar-refractivity contribution >= 4 is 11.8 Å².